The second-order valence-corrected chi connectivity index (χ2v) is 8.47. The maximum Gasteiger partial charge on any atom is 0.121 e. The van der Waals surface area contributed by atoms with Crippen LogP contribution < -0.4 is 0 Å². The number of fused-ring (bicyclic) bond motifs is 1. The molecule has 3 heteroatoms. The number of hydrogen-bond acceptors (Lipinski definition) is 3. The summed E-state index contributed by atoms with van der Waals surface area (Å²) >= 11 is 0. The van der Waals surface area contributed by atoms with E-state index >= 15 is 0 Å². The third-order valence-electron chi connectivity index (χ3n) is 5.12. The summed E-state index contributed by atoms with van der Waals surface area (Å²) in [4.78, 5) is 2.22. The summed E-state index contributed by atoms with van der Waals surface area (Å²) in [7, 11) is 2.08. The van der Waals surface area contributed by atoms with Crippen LogP contribution in [0.25, 0.3) is 5.57 Å². The van der Waals surface area contributed by atoms with Crippen molar-refractivity contribution in [1.82, 2.24) is 4.90 Å². The number of aliphatic hydroxyl groups is 1. The van der Waals surface area contributed by atoms with Crippen molar-refractivity contribution < 1.29 is 9.84 Å². The molecule has 1 aliphatic rings. The predicted molar refractivity (Wildman–Crippen MR) is 112 cm³/mol. The molecule has 0 aliphatic carbocycles. The van der Waals surface area contributed by atoms with E-state index in [9.17, 15) is 5.11 Å². The Labute approximate surface area is 163 Å². The Balaban J connectivity index is 2.26. The van der Waals surface area contributed by atoms with Crippen LogP contribution in [0.2, 0.25) is 0 Å². The van der Waals surface area contributed by atoms with Crippen LogP contribution in [0.15, 0.2) is 48.2 Å². The Hall–Kier alpha value is -2.10. The number of nitrogens with zero attached hydrogens (tertiary/aromatic N) is 1. The van der Waals surface area contributed by atoms with Crippen molar-refractivity contribution in [3.05, 3.63) is 76.0 Å². The first kappa shape index (κ1) is 19.7. The molecule has 27 heavy (non-hydrogen) atoms. The van der Waals surface area contributed by atoms with Gasteiger partial charge in [0.15, 0.2) is 0 Å². The van der Waals surface area contributed by atoms with Crippen LogP contribution in [0.5, 0.6) is 0 Å². The first-order chi connectivity index (χ1) is 12.7. The van der Waals surface area contributed by atoms with Crippen LogP contribution in [0.3, 0.4) is 0 Å². The number of hydrogen-bond donors (Lipinski definition) is 1. The van der Waals surface area contributed by atoms with Crippen LogP contribution in [0, 0.1) is 13.8 Å². The molecule has 1 heterocycles. The predicted octanol–water partition coefficient (Wildman–Crippen LogP) is 4.68. The van der Waals surface area contributed by atoms with E-state index in [0.717, 1.165) is 17.8 Å². The monoisotopic (exact) mass is 365 g/mol. The summed E-state index contributed by atoms with van der Waals surface area (Å²) in [6.07, 6.45) is -0.375. The third kappa shape index (κ3) is 4.10. The number of likely N-dealkylation sites (N-methyl/N-ethyl adjacent to an activating group) is 1. The summed E-state index contributed by atoms with van der Waals surface area (Å²) in [5, 5.41) is 10.2. The highest BCUT2D eigenvalue weighted by atomic mass is 16.5. The molecule has 0 amide bonds. The Morgan fingerprint density at radius 1 is 1.07 bits per heavy atom. The van der Waals surface area contributed by atoms with E-state index in [1.54, 1.807) is 0 Å². The Bertz CT molecular complexity index is 861. The largest absolute Gasteiger partial charge is 0.393 e. The van der Waals surface area contributed by atoms with E-state index in [-0.39, 0.29) is 18.3 Å². The van der Waals surface area contributed by atoms with Crippen molar-refractivity contribution in [2.75, 3.05) is 13.7 Å². The fourth-order valence-electron chi connectivity index (χ4n) is 3.79. The van der Waals surface area contributed by atoms with Gasteiger partial charge in [-0.2, -0.15) is 0 Å². The average molecular weight is 366 g/mol. The van der Waals surface area contributed by atoms with Crippen LogP contribution in [-0.2, 0) is 11.3 Å². The fraction of sp³-hybridized carbons (Fsp3) is 0.417. The minimum absolute atomic E-state index is 0.0482. The number of aryl methyl sites for hydroxylation is 2. The third-order valence-corrected chi connectivity index (χ3v) is 5.12. The van der Waals surface area contributed by atoms with Crippen molar-refractivity contribution in [2.24, 2.45) is 0 Å². The summed E-state index contributed by atoms with van der Waals surface area (Å²) in [5.41, 5.74) is 8.11. The zero-order chi connectivity index (χ0) is 19.8. The maximum atomic E-state index is 10.2. The Kier molecular flexibility index (Phi) is 5.45. The van der Waals surface area contributed by atoms with E-state index in [2.05, 4.69) is 68.3 Å². The standard InChI is InChI=1S/C24H31NO2/c1-16-11-12-18(13-17(16)2)22-20-10-8-7-9-19(20)14-25(6)23(22)21(15-26)27-24(3,4)5/h7-13,21,26H,14-15H2,1-6H3. The second-order valence-electron chi connectivity index (χ2n) is 8.47. The zero-order valence-corrected chi connectivity index (χ0v) is 17.3. The van der Waals surface area contributed by atoms with E-state index in [1.807, 2.05) is 20.8 Å². The minimum Gasteiger partial charge on any atom is -0.393 e. The molecule has 1 unspecified atom stereocenters. The first-order valence-electron chi connectivity index (χ1n) is 9.61. The van der Waals surface area contributed by atoms with Gasteiger partial charge in [0, 0.05) is 19.2 Å². The molecule has 144 valence electrons. The molecule has 1 atom stereocenters. The molecular formula is C24H31NO2. The van der Waals surface area contributed by atoms with Gasteiger partial charge in [0.2, 0.25) is 0 Å². The van der Waals surface area contributed by atoms with E-state index in [1.165, 1.54) is 27.8 Å². The van der Waals surface area contributed by atoms with Gasteiger partial charge in [-0.3, -0.25) is 0 Å². The van der Waals surface area contributed by atoms with Gasteiger partial charge in [-0.1, -0.05) is 42.5 Å². The molecule has 2 aromatic carbocycles. The molecular weight excluding hydrogens is 334 g/mol. The van der Waals surface area contributed by atoms with Gasteiger partial charge in [0.05, 0.1) is 17.9 Å². The van der Waals surface area contributed by atoms with Crippen molar-refractivity contribution >= 4 is 5.57 Å². The van der Waals surface area contributed by atoms with Crippen molar-refractivity contribution in [3.63, 3.8) is 0 Å². The molecule has 0 radical (unpaired) electrons. The molecule has 2 aromatic rings. The SMILES string of the molecule is Cc1ccc(C2=C(C(CO)OC(C)(C)C)N(C)Cc3ccccc32)cc1C. The Morgan fingerprint density at radius 3 is 2.41 bits per heavy atom. The molecule has 0 aromatic heterocycles. The molecule has 0 bridgehead atoms. The molecule has 1 N–H and O–H groups in total. The van der Waals surface area contributed by atoms with Gasteiger partial charge in [-0.15, -0.1) is 0 Å². The molecule has 0 saturated carbocycles. The highest BCUT2D eigenvalue weighted by molar-refractivity contribution is 5.85. The number of aliphatic hydroxyl groups excluding tert-OH is 1. The summed E-state index contributed by atoms with van der Waals surface area (Å²) in [6, 6.07) is 15.1. The molecule has 1 aliphatic heterocycles. The second kappa shape index (κ2) is 7.49. The lowest BCUT2D eigenvalue weighted by molar-refractivity contribution is -0.0717. The van der Waals surface area contributed by atoms with Gasteiger partial charge >= 0.3 is 0 Å². The van der Waals surface area contributed by atoms with Crippen molar-refractivity contribution in [2.45, 2.75) is 52.9 Å². The molecule has 0 saturated heterocycles. The summed E-state index contributed by atoms with van der Waals surface area (Å²) in [5.74, 6) is 0. The van der Waals surface area contributed by atoms with Gasteiger partial charge in [-0.25, -0.2) is 0 Å². The lowest BCUT2D eigenvalue weighted by Crippen LogP contribution is -2.39. The number of benzene rings is 2. The van der Waals surface area contributed by atoms with Gasteiger partial charge in [0.1, 0.15) is 6.10 Å². The van der Waals surface area contributed by atoms with Crippen LogP contribution in [0.1, 0.15) is 48.6 Å². The smallest absolute Gasteiger partial charge is 0.121 e. The lowest BCUT2D eigenvalue weighted by Gasteiger charge is -2.38. The van der Waals surface area contributed by atoms with Crippen molar-refractivity contribution in [3.8, 4) is 0 Å². The molecule has 3 nitrogen and oxygen atoms in total. The van der Waals surface area contributed by atoms with E-state index in [0.29, 0.717) is 0 Å². The highest BCUT2D eigenvalue weighted by Gasteiger charge is 2.31. The van der Waals surface area contributed by atoms with E-state index in [4.69, 9.17) is 4.74 Å². The normalized spacial score (nSPS) is 15.7. The van der Waals surface area contributed by atoms with Crippen LogP contribution in [-0.4, -0.2) is 35.4 Å². The van der Waals surface area contributed by atoms with Gasteiger partial charge in [0.25, 0.3) is 0 Å². The summed E-state index contributed by atoms with van der Waals surface area (Å²) in [6.45, 7) is 11.1. The minimum atomic E-state index is -0.375. The van der Waals surface area contributed by atoms with Crippen LogP contribution >= 0.6 is 0 Å². The van der Waals surface area contributed by atoms with Crippen LogP contribution in [0.4, 0.5) is 0 Å². The fourth-order valence-corrected chi connectivity index (χ4v) is 3.79. The molecule has 0 spiro atoms. The number of rotatable bonds is 4. The molecule has 3 rings (SSSR count). The number of ether oxygens (including phenoxy) is 1. The first-order valence-corrected chi connectivity index (χ1v) is 9.61. The zero-order valence-electron chi connectivity index (χ0n) is 17.3. The Morgan fingerprint density at radius 2 is 1.78 bits per heavy atom. The summed E-state index contributed by atoms with van der Waals surface area (Å²) < 4.78 is 6.27. The van der Waals surface area contributed by atoms with Gasteiger partial charge < -0.3 is 14.7 Å². The average Bonchev–Trinajstić information content (AvgIpc) is 2.60. The highest BCUT2D eigenvalue weighted by Crippen LogP contribution is 2.38. The van der Waals surface area contributed by atoms with E-state index < -0.39 is 0 Å². The molecule has 0 fully saturated rings. The van der Waals surface area contributed by atoms with Gasteiger partial charge in [-0.05, 0) is 62.4 Å². The quantitative estimate of drug-likeness (QED) is 0.853. The lowest BCUT2D eigenvalue weighted by atomic mass is 9.86. The topological polar surface area (TPSA) is 32.7 Å². The maximum absolute atomic E-state index is 10.2. The van der Waals surface area contributed by atoms with Crippen molar-refractivity contribution in [1.29, 1.82) is 0 Å².